The number of nitrogens with zero attached hydrogens (tertiary/aromatic N) is 2. The maximum atomic E-state index is 13.6. The molecule has 1 heterocycles. The molecule has 0 unspecified atom stereocenters. The number of ether oxygens (including phenoxy) is 1. The average molecular weight is 396 g/mol. The lowest BCUT2D eigenvalue weighted by atomic mass is 10.3. The number of aromatic nitrogens is 2. The summed E-state index contributed by atoms with van der Waals surface area (Å²) < 4.78 is 69.4. The fourth-order valence-electron chi connectivity index (χ4n) is 2.21. The quantitative estimate of drug-likeness (QED) is 0.501. The third-order valence-corrected chi connectivity index (χ3v) is 4.48. The van der Waals surface area contributed by atoms with Crippen molar-refractivity contribution in [2.45, 2.75) is 5.03 Å². The second-order valence-corrected chi connectivity index (χ2v) is 7.46. The molecule has 0 saturated heterocycles. The number of carbonyl (C=O) groups excluding carboxylic acids is 1. The molecule has 10 heteroatoms. The van der Waals surface area contributed by atoms with Crippen molar-refractivity contribution in [2.24, 2.45) is 0 Å². The molecule has 0 amide bonds. The zero-order valence-electron chi connectivity index (χ0n) is 13.7. The van der Waals surface area contributed by atoms with Crippen LogP contribution in [0.15, 0.2) is 53.6 Å². The number of benzene rings is 2. The number of carbonyl (C=O) groups is 1. The van der Waals surface area contributed by atoms with E-state index in [4.69, 9.17) is 4.74 Å². The van der Waals surface area contributed by atoms with E-state index in [9.17, 15) is 26.4 Å². The van der Waals surface area contributed by atoms with Crippen LogP contribution in [0.3, 0.4) is 0 Å². The zero-order chi connectivity index (χ0) is 19.8. The summed E-state index contributed by atoms with van der Waals surface area (Å²) in [6, 6.07) is 8.01. The normalized spacial score (nSPS) is 11.4. The third-order valence-electron chi connectivity index (χ3n) is 3.43. The van der Waals surface area contributed by atoms with E-state index < -0.39 is 44.7 Å². The van der Waals surface area contributed by atoms with Crippen molar-refractivity contribution in [1.29, 1.82) is 0 Å². The first-order valence-electron chi connectivity index (χ1n) is 7.38. The van der Waals surface area contributed by atoms with Gasteiger partial charge in [-0.05, 0) is 36.4 Å². The molecular weight excluding hydrogens is 385 g/mol. The second-order valence-electron chi connectivity index (χ2n) is 5.49. The van der Waals surface area contributed by atoms with E-state index >= 15 is 0 Å². The van der Waals surface area contributed by atoms with Crippen molar-refractivity contribution in [2.75, 3.05) is 6.26 Å². The first-order chi connectivity index (χ1) is 12.6. The van der Waals surface area contributed by atoms with Crippen molar-refractivity contribution in [3.63, 3.8) is 0 Å². The minimum Gasteiger partial charge on any atom is -0.419 e. The molecular formula is C17H11F3N2O4S. The molecule has 3 rings (SSSR count). The average Bonchev–Trinajstić information content (AvgIpc) is 3.04. The molecule has 27 heavy (non-hydrogen) atoms. The fourth-order valence-corrected chi connectivity index (χ4v) is 2.99. The molecule has 3 aromatic rings. The molecule has 0 bridgehead atoms. The van der Waals surface area contributed by atoms with Crippen molar-refractivity contribution >= 4 is 15.8 Å². The van der Waals surface area contributed by atoms with Gasteiger partial charge in [0.1, 0.15) is 11.6 Å². The molecule has 2 aromatic carbocycles. The smallest absolute Gasteiger partial charge is 0.364 e. The van der Waals surface area contributed by atoms with E-state index in [0.29, 0.717) is 6.07 Å². The Morgan fingerprint density at radius 2 is 1.63 bits per heavy atom. The molecule has 0 spiro atoms. The molecule has 0 N–H and O–H groups in total. The van der Waals surface area contributed by atoms with Gasteiger partial charge in [0.05, 0.1) is 5.69 Å². The first-order valence-corrected chi connectivity index (χ1v) is 9.27. The Hall–Kier alpha value is -3.14. The van der Waals surface area contributed by atoms with Gasteiger partial charge in [-0.3, -0.25) is 0 Å². The summed E-state index contributed by atoms with van der Waals surface area (Å²) in [6.45, 7) is 0. The minimum atomic E-state index is -3.82. The van der Waals surface area contributed by atoms with Crippen LogP contribution in [-0.4, -0.2) is 30.4 Å². The molecule has 0 aliphatic carbocycles. The highest BCUT2D eigenvalue weighted by atomic mass is 32.2. The molecule has 0 radical (unpaired) electrons. The van der Waals surface area contributed by atoms with Crippen LogP contribution in [0.4, 0.5) is 13.2 Å². The monoisotopic (exact) mass is 396 g/mol. The van der Waals surface area contributed by atoms with Gasteiger partial charge in [0.2, 0.25) is 0 Å². The number of hydrogen-bond acceptors (Lipinski definition) is 5. The van der Waals surface area contributed by atoms with Gasteiger partial charge in [0.25, 0.3) is 0 Å². The largest absolute Gasteiger partial charge is 0.419 e. The fraction of sp³-hybridized carbons (Fsp3) is 0.0588. The zero-order valence-corrected chi connectivity index (χ0v) is 14.5. The van der Waals surface area contributed by atoms with Gasteiger partial charge in [-0.2, -0.15) is 5.10 Å². The summed E-state index contributed by atoms with van der Waals surface area (Å²) in [4.78, 5) is 12.2. The van der Waals surface area contributed by atoms with Gasteiger partial charge >= 0.3 is 5.97 Å². The maximum Gasteiger partial charge on any atom is 0.364 e. The van der Waals surface area contributed by atoms with Crippen LogP contribution in [-0.2, 0) is 9.84 Å². The third kappa shape index (κ3) is 4.00. The van der Waals surface area contributed by atoms with E-state index in [1.54, 1.807) is 0 Å². The van der Waals surface area contributed by atoms with Gasteiger partial charge in [0.15, 0.2) is 32.1 Å². The molecule has 6 nitrogen and oxygen atoms in total. The van der Waals surface area contributed by atoms with Crippen molar-refractivity contribution in [3.05, 3.63) is 71.7 Å². The van der Waals surface area contributed by atoms with Gasteiger partial charge in [0, 0.05) is 18.4 Å². The van der Waals surface area contributed by atoms with Crippen molar-refractivity contribution in [3.8, 4) is 11.4 Å². The van der Waals surface area contributed by atoms with E-state index in [1.165, 1.54) is 12.1 Å². The Bertz CT molecular complexity index is 1130. The summed E-state index contributed by atoms with van der Waals surface area (Å²) in [5, 5.41) is 3.52. The Morgan fingerprint density at radius 1 is 1.00 bits per heavy atom. The summed E-state index contributed by atoms with van der Waals surface area (Å²) in [6.07, 6.45) is 0.902. The summed E-state index contributed by atoms with van der Waals surface area (Å²) >= 11 is 0. The van der Waals surface area contributed by atoms with E-state index in [0.717, 1.165) is 41.3 Å². The van der Waals surface area contributed by atoms with Crippen LogP contribution in [0.5, 0.6) is 5.75 Å². The van der Waals surface area contributed by atoms with Crippen LogP contribution in [0.2, 0.25) is 0 Å². The summed E-state index contributed by atoms with van der Waals surface area (Å²) in [5.74, 6) is -4.19. The van der Waals surface area contributed by atoms with Gasteiger partial charge in [-0.15, -0.1) is 0 Å². The second kappa shape index (κ2) is 6.88. The lowest BCUT2D eigenvalue weighted by molar-refractivity contribution is 0.0721. The number of halogens is 3. The van der Waals surface area contributed by atoms with Crippen LogP contribution < -0.4 is 4.74 Å². The predicted octanol–water partition coefficient (Wildman–Crippen LogP) is 2.91. The molecule has 0 atom stereocenters. The number of sulfone groups is 1. The SMILES string of the molecule is CS(=O)(=O)c1cc(C(=O)Oc2ccc(F)cc2F)nn1-c1ccc(F)cc1. The highest BCUT2D eigenvalue weighted by Gasteiger charge is 2.23. The van der Waals surface area contributed by atoms with Gasteiger partial charge < -0.3 is 4.74 Å². The molecule has 0 fully saturated rings. The Morgan fingerprint density at radius 3 is 2.22 bits per heavy atom. The summed E-state index contributed by atoms with van der Waals surface area (Å²) in [5.41, 5.74) is -0.243. The molecule has 0 aliphatic heterocycles. The number of hydrogen-bond donors (Lipinski definition) is 0. The molecule has 1 aromatic heterocycles. The van der Waals surface area contributed by atoms with E-state index in [2.05, 4.69) is 5.10 Å². The van der Waals surface area contributed by atoms with Crippen molar-refractivity contribution in [1.82, 2.24) is 9.78 Å². The first kappa shape index (κ1) is 18.6. The van der Waals surface area contributed by atoms with E-state index in [1.807, 2.05) is 0 Å². The highest BCUT2D eigenvalue weighted by molar-refractivity contribution is 7.90. The van der Waals surface area contributed by atoms with Crippen LogP contribution in [0, 0.1) is 17.5 Å². The highest BCUT2D eigenvalue weighted by Crippen LogP contribution is 2.21. The standard InChI is InChI=1S/C17H11F3N2O4S/c1-27(24,25)16-9-14(21-22(16)12-5-2-10(18)3-6-12)17(23)26-15-7-4-11(19)8-13(15)20/h2-9H,1H3. The Balaban J connectivity index is 2.01. The summed E-state index contributed by atoms with van der Waals surface area (Å²) in [7, 11) is -3.82. The molecule has 140 valence electrons. The lowest BCUT2D eigenvalue weighted by Gasteiger charge is -2.05. The molecule has 0 saturated carbocycles. The van der Waals surface area contributed by atoms with Gasteiger partial charge in [-0.1, -0.05) is 0 Å². The van der Waals surface area contributed by atoms with Crippen LogP contribution in [0.1, 0.15) is 10.5 Å². The topological polar surface area (TPSA) is 78.3 Å². The van der Waals surface area contributed by atoms with Crippen molar-refractivity contribution < 1.29 is 31.1 Å². The maximum absolute atomic E-state index is 13.6. The number of rotatable bonds is 4. The Kier molecular flexibility index (Phi) is 4.75. The number of esters is 1. The predicted molar refractivity (Wildman–Crippen MR) is 87.9 cm³/mol. The Labute approximate surface area is 151 Å². The van der Waals surface area contributed by atoms with E-state index in [-0.39, 0.29) is 10.7 Å². The van der Waals surface area contributed by atoms with Crippen LogP contribution >= 0.6 is 0 Å². The van der Waals surface area contributed by atoms with Crippen LogP contribution in [0.25, 0.3) is 5.69 Å². The lowest BCUT2D eigenvalue weighted by Crippen LogP contribution is -2.11. The minimum absolute atomic E-state index is 0.184. The molecule has 0 aliphatic rings. The van der Waals surface area contributed by atoms with Gasteiger partial charge in [-0.25, -0.2) is 31.1 Å².